The predicted octanol–water partition coefficient (Wildman–Crippen LogP) is 2.35. The second kappa shape index (κ2) is 9.34. The number of anilines is 2. The van der Waals surface area contributed by atoms with Gasteiger partial charge in [0, 0.05) is 18.0 Å². The summed E-state index contributed by atoms with van der Waals surface area (Å²) in [6.07, 6.45) is 2.16. The summed E-state index contributed by atoms with van der Waals surface area (Å²) in [5.74, 6) is -0.188. The second-order valence-corrected chi connectivity index (χ2v) is 4.59. The van der Waals surface area contributed by atoms with Gasteiger partial charge in [0.25, 0.3) is 0 Å². The topological polar surface area (TPSA) is 73.6 Å². The lowest BCUT2D eigenvalue weighted by molar-refractivity contribution is -0.121. The van der Waals surface area contributed by atoms with Gasteiger partial charge in [-0.1, -0.05) is 19.4 Å². The molecule has 1 rings (SSSR count). The number of benzene rings is 1. The number of amides is 1. The fraction of sp³-hybridized carbons (Fsp3) is 0.533. The van der Waals surface area contributed by atoms with Crippen molar-refractivity contribution in [1.82, 2.24) is 0 Å². The molecule has 0 aliphatic carbocycles. The Bertz CT molecular complexity index is 422. The smallest absolute Gasteiger partial charge is 0.250 e. The molecule has 0 bridgehead atoms. The van der Waals surface area contributed by atoms with Crippen LogP contribution in [0.4, 0.5) is 11.4 Å². The van der Waals surface area contributed by atoms with E-state index in [1.54, 1.807) is 12.1 Å². The molecule has 5 heteroatoms. The number of nitrogen functional groups attached to an aromatic ring is 1. The third-order valence-electron chi connectivity index (χ3n) is 2.90. The van der Waals surface area contributed by atoms with Gasteiger partial charge >= 0.3 is 0 Å². The maximum atomic E-state index is 11.7. The van der Waals surface area contributed by atoms with Crippen LogP contribution in [0.2, 0.25) is 0 Å². The first kappa shape index (κ1) is 16.5. The minimum atomic E-state index is -0.188. The Morgan fingerprint density at radius 1 is 1.25 bits per heavy atom. The fourth-order valence-electron chi connectivity index (χ4n) is 1.61. The van der Waals surface area contributed by atoms with Crippen molar-refractivity contribution in [3.63, 3.8) is 0 Å². The molecule has 0 aliphatic rings. The Morgan fingerprint density at radius 2 is 2.00 bits per heavy atom. The Hall–Kier alpha value is -1.59. The number of carbonyl (C=O) groups is 1. The van der Waals surface area contributed by atoms with Gasteiger partial charge in [0.15, 0.2) is 0 Å². The number of nitrogens with two attached hydrogens (primary N) is 1. The average Bonchev–Trinajstić information content (AvgIpc) is 2.43. The van der Waals surface area contributed by atoms with Crippen LogP contribution < -0.4 is 11.1 Å². The number of hydrogen-bond acceptors (Lipinski definition) is 4. The minimum Gasteiger partial charge on any atom is -0.398 e. The van der Waals surface area contributed by atoms with E-state index in [-0.39, 0.29) is 12.5 Å². The molecule has 0 aliphatic heterocycles. The lowest BCUT2D eigenvalue weighted by atomic mass is 10.1. The van der Waals surface area contributed by atoms with Crippen LogP contribution >= 0.6 is 0 Å². The molecule has 0 saturated carbocycles. The highest BCUT2D eigenvalue weighted by molar-refractivity contribution is 5.93. The predicted molar refractivity (Wildman–Crippen MR) is 80.8 cm³/mol. The molecule has 1 aromatic carbocycles. The van der Waals surface area contributed by atoms with Crippen molar-refractivity contribution in [2.75, 3.05) is 37.5 Å². The first-order valence-corrected chi connectivity index (χ1v) is 6.95. The first-order valence-electron chi connectivity index (χ1n) is 6.95. The molecule has 3 N–H and O–H groups in total. The molecule has 1 amide bonds. The molecule has 5 nitrogen and oxygen atoms in total. The molecule has 0 atom stereocenters. The molecule has 0 unspecified atom stereocenters. The minimum absolute atomic E-state index is 0.0192. The van der Waals surface area contributed by atoms with Crippen molar-refractivity contribution in [3.8, 4) is 0 Å². The van der Waals surface area contributed by atoms with E-state index in [0.29, 0.717) is 18.9 Å². The molecule has 0 spiro atoms. The Morgan fingerprint density at radius 3 is 2.75 bits per heavy atom. The van der Waals surface area contributed by atoms with Crippen LogP contribution in [0.25, 0.3) is 0 Å². The van der Waals surface area contributed by atoms with Crippen LogP contribution in [-0.2, 0) is 14.3 Å². The number of rotatable bonds is 9. The third-order valence-corrected chi connectivity index (χ3v) is 2.90. The van der Waals surface area contributed by atoms with Crippen molar-refractivity contribution in [1.29, 1.82) is 0 Å². The summed E-state index contributed by atoms with van der Waals surface area (Å²) in [6, 6.07) is 5.42. The Kier molecular flexibility index (Phi) is 7.69. The van der Waals surface area contributed by atoms with Crippen molar-refractivity contribution in [2.24, 2.45) is 0 Å². The lowest BCUT2D eigenvalue weighted by Crippen LogP contribution is -2.20. The van der Waals surface area contributed by atoms with E-state index >= 15 is 0 Å². The molecule has 112 valence electrons. The summed E-state index contributed by atoms with van der Waals surface area (Å²) in [4.78, 5) is 11.7. The first-order chi connectivity index (χ1) is 9.65. The Balaban J connectivity index is 2.19. The van der Waals surface area contributed by atoms with E-state index in [4.69, 9.17) is 15.2 Å². The summed E-state index contributed by atoms with van der Waals surface area (Å²) in [6.45, 7) is 5.69. The summed E-state index contributed by atoms with van der Waals surface area (Å²) >= 11 is 0. The normalized spacial score (nSPS) is 10.5. The molecular formula is C15H24N2O3. The fourth-order valence-corrected chi connectivity index (χ4v) is 1.61. The van der Waals surface area contributed by atoms with Crippen LogP contribution in [0, 0.1) is 6.92 Å². The molecule has 0 aromatic heterocycles. The summed E-state index contributed by atoms with van der Waals surface area (Å²) < 4.78 is 10.6. The zero-order valence-electron chi connectivity index (χ0n) is 12.3. The van der Waals surface area contributed by atoms with Crippen molar-refractivity contribution >= 4 is 17.3 Å². The van der Waals surface area contributed by atoms with Gasteiger partial charge in [-0.15, -0.1) is 0 Å². The van der Waals surface area contributed by atoms with Crippen LogP contribution in [-0.4, -0.2) is 32.3 Å². The highest BCUT2D eigenvalue weighted by atomic mass is 16.5. The van der Waals surface area contributed by atoms with Gasteiger partial charge < -0.3 is 20.5 Å². The van der Waals surface area contributed by atoms with Crippen molar-refractivity contribution in [2.45, 2.75) is 26.7 Å². The van der Waals surface area contributed by atoms with Gasteiger partial charge in [-0.3, -0.25) is 4.79 Å². The van der Waals surface area contributed by atoms with Crippen LogP contribution in [0.3, 0.4) is 0 Å². The molecule has 0 fully saturated rings. The van der Waals surface area contributed by atoms with Crippen LogP contribution in [0.1, 0.15) is 25.3 Å². The monoisotopic (exact) mass is 280 g/mol. The molecule has 0 saturated heterocycles. The second-order valence-electron chi connectivity index (χ2n) is 4.59. The molecule has 20 heavy (non-hydrogen) atoms. The van der Waals surface area contributed by atoms with E-state index in [9.17, 15) is 4.79 Å². The quantitative estimate of drug-likeness (QED) is 0.538. The van der Waals surface area contributed by atoms with Gasteiger partial charge in [0.1, 0.15) is 6.61 Å². The van der Waals surface area contributed by atoms with E-state index in [0.717, 1.165) is 30.7 Å². The van der Waals surface area contributed by atoms with Crippen LogP contribution in [0.5, 0.6) is 0 Å². The van der Waals surface area contributed by atoms with Gasteiger partial charge in [-0.2, -0.15) is 0 Å². The molecule has 0 heterocycles. The third kappa shape index (κ3) is 6.04. The molecule has 0 radical (unpaired) electrons. The number of nitrogens with one attached hydrogen (secondary N) is 1. The lowest BCUT2D eigenvalue weighted by Gasteiger charge is -2.10. The number of unbranched alkanes of at least 4 members (excludes halogenated alkanes) is 1. The van der Waals surface area contributed by atoms with Gasteiger partial charge in [0.05, 0.1) is 13.2 Å². The number of ether oxygens (including phenoxy) is 2. The number of carbonyl (C=O) groups excluding carboxylic acids is 1. The maximum absolute atomic E-state index is 11.7. The summed E-state index contributed by atoms with van der Waals surface area (Å²) in [5, 5.41) is 2.78. The Labute approximate surface area is 120 Å². The maximum Gasteiger partial charge on any atom is 0.250 e. The standard InChI is InChI=1S/C15H24N2O3/c1-3-4-8-19-9-10-20-11-15(18)17-14-7-5-6-13(16)12(14)2/h5-7H,3-4,8-11,16H2,1-2H3,(H,17,18). The van der Waals surface area contributed by atoms with Crippen molar-refractivity contribution < 1.29 is 14.3 Å². The van der Waals surface area contributed by atoms with Gasteiger partial charge in [-0.25, -0.2) is 0 Å². The summed E-state index contributed by atoms with van der Waals surface area (Å²) in [5.41, 5.74) is 8.02. The van der Waals surface area contributed by atoms with E-state index < -0.39 is 0 Å². The van der Waals surface area contributed by atoms with Crippen LogP contribution in [0.15, 0.2) is 18.2 Å². The zero-order chi connectivity index (χ0) is 14.8. The van der Waals surface area contributed by atoms with Crippen molar-refractivity contribution in [3.05, 3.63) is 23.8 Å². The van der Waals surface area contributed by atoms with E-state index in [1.807, 2.05) is 13.0 Å². The molecule has 1 aromatic rings. The average molecular weight is 280 g/mol. The van der Waals surface area contributed by atoms with E-state index in [1.165, 1.54) is 0 Å². The zero-order valence-corrected chi connectivity index (χ0v) is 12.3. The van der Waals surface area contributed by atoms with Gasteiger partial charge in [0.2, 0.25) is 5.91 Å². The SMILES string of the molecule is CCCCOCCOCC(=O)Nc1cccc(N)c1C. The van der Waals surface area contributed by atoms with Gasteiger partial charge in [-0.05, 0) is 31.0 Å². The summed E-state index contributed by atoms with van der Waals surface area (Å²) in [7, 11) is 0. The highest BCUT2D eigenvalue weighted by Crippen LogP contribution is 2.20. The van der Waals surface area contributed by atoms with E-state index in [2.05, 4.69) is 12.2 Å². The highest BCUT2D eigenvalue weighted by Gasteiger charge is 2.06. The number of hydrogen-bond donors (Lipinski definition) is 2. The molecular weight excluding hydrogens is 256 g/mol. The largest absolute Gasteiger partial charge is 0.398 e.